The fourth-order valence-electron chi connectivity index (χ4n) is 5.42. The molecular weight excluding hydrogens is 701 g/mol. The fraction of sp³-hybridized carbons (Fsp3) is 0.286. The van der Waals surface area contributed by atoms with Crippen LogP contribution in [0.15, 0.2) is 51.1 Å². The summed E-state index contributed by atoms with van der Waals surface area (Å²) >= 11 is 0. The van der Waals surface area contributed by atoms with Crippen LogP contribution >= 0.6 is 0 Å². The number of rotatable bonds is 13. The molecule has 4 N–H and O–H groups in total. The summed E-state index contributed by atoms with van der Waals surface area (Å²) in [5.74, 6) is -2.85. The lowest BCUT2D eigenvalue weighted by Gasteiger charge is -2.19. The van der Waals surface area contributed by atoms with E-state index in [9.17, 15) is 58.1 Å². The predicted octanol–water partition coefficient (Wildman–Crippen LogP) is 1.99. The van der Waals surface area contributed by atoms with Crippen molar-refractivity contribution in [2.24, 2.45) is 0 Å². The first kappa shape index (κ1) is 34.9. The summed E-state index contributed by atoms with van der Waals surface area (Å²) in [5, 5.41) is 2.13. The van der Waals surface area contributed by atoms with Crippen LogP contribution in [0.1, 0.15) is 38.5 Å². The maximum atomic E-state index is 12.5. The molecule has 0 bridgehead atoms. The van der Waals surface area contributed by atoms with Crippen molar-refractivity contribution in [1.82, 2.24) is 10.4 Å². The molecule has 0 unspecified atom stereocenters. The summed E-state index contributed by atoms with van der Waals surface area (Å²) in [6.45, 7) is -0.516. The zero-order valence-corrected chi connectivity index (χ0v) is 27.0. The van der Waals surface area contributed by atoms with Crippen LogP contribution in [0.3, 0.4) is 0 Å². The quantitative estimate of drug-likeness (QED) is 0.0664. The van der Waals surface area contributed by atoms with Gasteiger partial charge in [-0.2, -0.15) is 25.3 Å². The molecular formula is C28H26N2O15S3. The van der Waals surface area contributed by atoms with Crippen molar-refractivity contribution in [2.75, 3.05) is 13.2 Å². The Kier molecular flexibility index (Phi) is 9.34. The number of nitrogens with zero attached hydrogens (tertiary/aromatic N) is 1. The van der Waals surface area contributed by atoms with E-state index in [0.29, 0.717) is 30.4 Å². The van der Waals surface area contributed by atoms with Crippen LogP contribution in [0.4, 0.5) is 0 Å². The van der Waals surface area contributed by atoms with E-state index in [-0.39, 0.29) is 63.9 Å². The molecule has 0 aromatic heterocycles. The monoisotopic (exact) mass is 726 g/mol. The standard InChI is InChI=1S/C28H26N2O15S3/c31-23(29-11-3-1-2-4-26(34)45-30-24(32)9-10-25(30)33)14-44-19-12-20(46(35,36)37)16-7-8-18-22(48(41,42)43)13-21(47(38,39)40)17-6-5-15(19)27(16)28(17)18/h5-8,12-13H,1-4,9-11,14H2,(H,29,31)(H,35,36,37)(H,38,39,40)(H,41,42,43). The molecule has 48 heavy (non-hydrogen) atoms. The highest BCUT2D eigenvalue weighted by molar-refractivity contribution is 7.87. The Morgan fingerprint density at radius 1 is 0.708 bits per heavy atom. The minimum Gasteiger partial charge on any atom is -0.483 e. The predicted molar refractivity (Wildman–Crippen MR) is 164 cm³/mol. The van der Waals surface area contributed by atoms with E-state index in [1.54, 1.807) is 0 Å². The number of hydrogen-bond donors (Lipinski definition) is 4. The number of unbranched alkanes of at least 4 members (excludes halogenated alkanes) is 2. The lowest BCUT2D eigenvalue weighted by Crippen LogP contribution is -2.32. The number of imide groups is 1. The Bertz CT molecular complexity index is 2270. The highest BCUT2D eigenvalue weighted by Crippen LogP contribution is 2.45. The van der Waals surface area contributed by atoms with Gasteiger partial charge in [-0.3, -0.25) is 28.0 Å². The van der Waals surface area contributed by atoms with E-state index < -0.39 is 75.3 Å². The van der Waals surface area contributed by atoms with Crippen LogP contribution in [0.25, 0.3) is 32.3 Å². The summed E-state index contributed by atoms with van der Waals surface area (Å²) in [7, 11) is -15.2. The van der Waals surface area contributed by atoms with Crippen molar-refractivity contribution in [3.05, 3.63) is 36.4 Å². The van der Waals surface area contributed by atoms with Crippen LogP contribution in [0.2, 0.25) is 0 Å². The molecule has 256 valence electrons. The second-order valence-electron chi connectivity index (χ2n) is 10.7. The second kappa shape index (κ2) is 12.9. The number of benzene rings is 4. The highest BCUT2D eigenvalue weighted by Gasteiger charge is 2.33. The number of ether oxygens (including phenoxy) is 1. The molecule has 1 saturated heterocycles. The third kappa shape index (κ3) is 7.03. The number of nitrogens with one attached hydrogen (secondary N) is 1. The van der Waals surface area contributed by atoms with Gasteiger partial charge < -0.3 is 14.9 Å². The van der Waals surface area contributed by atoms with Crippen LogP contribution in [0.5, 0.6) is 5.75 Å². The Balaban J connectivity index is 1.34. The Morgan fingerprint density at radius 3 is 1.71 bits per heavy atom. The van der Waals surface area contributed by atoms with Crippen LogP contribution in [-0.2, 0) is 54.4 Å². The van der Waals surface area contributed by atoms with E-state index in [1.165, 1.54) is 12.1 Å². The first-order valence-corrected chi connectivity index (χ1v) is 18.4. The average Bonchev–Trinajstić information content (AvgIpc) is 3.30. The molecule has 0 spiro atoms. The number of carbonyl (C=O) groups excluding carboxylic acids is 4. The Morgan fingerprint density at radius 2 is 1.19 bits per heavy atom. The van der Waals surface area contributed by atoms with E-state index in [0.717, 1.165) is 18.2 Å². The Hall–Kier alpha value is -4.47. The van der Waals surface area contributed by atoms with Gasteiger partial charge in [-0.05, 0) is 25.0 Å². The first-order chi connectivity index (χ1) is 22.4. The molecule has 3 amide bonds. The largest absolute Gasteiger partial charge is 0.483 e. The lowest BCUT2D eigenvalue weighted by atomic mass is 9.93. The molecule has 1 heterocycles. The van der Waals surface area contributed by atoms with Crippen LogP contribution in [-0.4, -0.2) is 80.8 Å². The van der Waals surface area contributed by atoms with Gasteiger partial charge in [0.05, 0.1) is 0 Å². The minimum atomic E-state index is -5.09. The zero-order valence-electron chi connectivity index (χ0n) is 24.5. The van der Waals surface area contributed by atoms with E-state index in [4.69, 9.17) is 9.57 Å². The van der Waals surface area contributed by atoms with Gasteiger partial charge in [0.2, 0.25) is 0 Å². The van der Waals surface area contributed by atoms with Crippen molar-refractivity contribution in [3.8, 4) is 5.75 Å². The molecule has 4 aromatic carbocycles. The average molecular weight is 727 g/mol. The molecule has 0 atom stereocenters. The SMILES string of the molecule is O=C(COc1cc(S(=O)(=O)O)c2ccc3c(S(=O)(=O)O)cc(S(=O)(=O)O)c4ccc1c2c43)NCCCCCC(=O)ON1C(=O)CCC1=O. The molecule has 0 aliphatic carbocycles. The summed E-state index contributed by atoms with van der Waals surface area (Å²) < 4.78 is 109. The minimum absolute atomic E-state index is 0.0241. The van der Waals surface area contributed by atoms with E-state index >= 15 is 0 Å². The van der Waals surface area contributed by atoms with Gasteiger partial charge in [-0.1, -0.05) is 24.6 Å². The molecule has 20 heteroatoms. The van der Waals surface area contributed by atoms with Gasteiger partial charge in [-0.25, -0.2) is 4.79 Å². The lowest BCUT2D eigenvalue weighted by molar-refractivity contribution is -0.197. The maximum absolute atomic E-state index is 12.5. The van der Waals surface area contributed by atoms with Gasteiger partial charge in [0.1, 0.15) is 20.4 Å². The fourth-order valence-corrected chi connectivity index (χ4v) is 7.63. The molecule has 0 radical (unpaired) electrons. The van der Waals surface area contributed by atoms with Gasteiger partial charge in [0.25, 0.3) is 48.1 Å². The molecule has 1 aliphatic heterocycles. The van der Waals surface area contributed by atoms with Gasteiger partial charge in [0, 0.05) is 64.2 Å². The molecule has 1 aliphatic rings. The third-order valence-electron chi connectivity index (χ3n) is 7.52. The van der Waals surface area contributed by atoms with Gasteiger partial charge in [-0.15, -0.1) is 5.06 Å². The normalized spacial score (nSPS) is 14.4. The molecule has 5 rings (SSSR count). The second-order valence-corrected chi connectivity index (χ2v) is 14.9. The smallest absolute Gasteiger partial charge is 0.333 e. The van der Waals surface area contributed by atoms with E-state index in [1.807, 2.05) is 0 Å². The summed E-state index contributed by atoms with van der Waals surface area (Å²) in [6.07, 6.45) is 1.09. The zero-order chi connectivity index (χ0) is 35.2. The van der Waals surface area contributed by atoms with Gasteiger partial charge >= 0.3 is 5.97 Å². The van der Waals surface area contributed by atoms with Crippen molar-refractivity contribution in [1.29, 1.82) is 0 Å². The highest BCUT2D eigenvalue weighted by atomic mass is 32.2. The molecule has 4 aromatic rings. The summed E-state index contributed by atoms with van der Waals surface area (Å²) in [6, 6.07) is 6.20. The Labute approximate surface area is 272 Å². The number of amides is 3. The topological polar surface area (TPSA) is 265 Å². The van der Waals surface area contributed by atoms with Crippen molar-refractivity contribution < 1.29 is 67.7 Å². The van der Waals surface area contributed by atoms with Crippen molar-refractivity contribution in [2.45, 2.75) is 53.2 Å². The molecule has 1 fully saturated rings. The van der Waals surface area contributed by atoms with Crippen molar-refractivity contribution in [3.63, 3.8) is 0 Å². The molecule has 17 nitrogen and oxygen atoms in total. The molecule has 0 saturated carbocycles. The number of hydrogen-bond acceptors (Lipinski definition) is 12. The van der Waals surface area contributed by atoms with E-state index in [2.05, 4.69) is 5.32 Å². The summed E-state index contributed by atoms with van der Waals surface area (Å²) in [5.41, 5.74) is 0. The third-order valence-corrected chi connectivity index (χ3v) is 10.2. The van der Waals surface area contributed by atoms with Crippen molar-refractivity contribution >= 4 is 86.4 Å². The van der Waals surface area contributed by atoms with Gasteiger partial charge in [0.15, 0.2) is 6.61 Å². The number of carbonyl (C=O) groups is 4. The maximum Gasteiger partial charge on any atom is 0.333 e. The van der Waals surface area contributed by atoms with Crippen LogP contribution in [0, 0.1) is 0 Å². The first-order valence-electron chi connectivity index (χ1n) is 14.0. The van der Waals surface area contributed by atoms with Crippen LogP contribution < -0.4 is 10.1 Å². The summed E-state index contributed by atoms with van der Waals surface area (Å²) in [4.78, 5) is 49.7. The number of hydroxylamine groups is 2.